The zero-order valence-electron chi connectivity index (χ0n) is 33.6. The van der Waals surface area contributed by atoms with E-state index in [4.69, 9.17) is 9.98 Å². The van der Waals surface area contributed by atoms with Crippen LogP contribution in [0.25, 0.3) is 0 Å². The Morgan fingerprint density at radius 3 is 2.53 bits per heavy atom. The molecule has 4 aliphatic rings. The van der Waals surface area contributed by atoms with E-state index in [-0.39, 0.29) is 30.1 Å². The molecule has 3 unspecified atom stereocenters. The summed E-state index contributed by atoms with van der Waals surface area (Å²) in [6.07, 6.45) is 17.2. The molecule has 1 saturated heterocycles. The predicted octanol–water partition coefficient (Wildman–Crippen LogP) is 8.65. The molecule has 1 fully saturated rings. The van der Waals surface area contributed by atoms with Crippen molar-refractivity contribution in [2.75, 3.05) is 29.1 Å². The molecule has 0 saturated carbocycles. The van der Waals surface area contributed by atoms with E-state index in [0.29, 0.717) is 36.7 Å². The third-order valence-electron chi connectivity index (χ3n) is 10.3. The fourth-order valence-corrected chi connectivity index (χ4v) is 7.31. The first-order chi connectivity index (χ1) is 27.7. The quantitative estimate of drug-likeness (QED) is 0.211. The molecule has 11 nitrogen and oxygen atoms in total. The number of aryl methyl sites for hydroxylation is 2. The number of anilines is 3. The minimum absolute atomic E-state index is 0.0508. The number of amides is 3. The van der Waals surface area contributed by atoms with Crippen LogP contribution in [-0.4, -0.2) is 71.3 Å². The van der Waals surface area contributed by atoms with Gasteiger partial charge in [-0.2, -0.15) is 0 Å². The molecule has 7 rings (SSSR count). The Kier molecular flexibility index (Phi) is 13.2. The van der Waals surface area contributed by atoms with E-state index in [9.17, 15) is 14.4 Å². The first-order valence-electron chi connectivity index (χ1n) is 19.8. The van der Waals surface area contributed by atoms with Gasteiger partial charge in [0.2, 0.25) is 11.9 Å². The average molecular weight is 765 g/mol. The van der Waals surface area contributed by atoms with Crippen LogP contribution >= 0.6 is 0 Å². The second-order valence-corrected chi connectivity index (χ2v) is 14.3. The summed E-state index contributed by atoms with van der Waals surface area (Å²) in [7, 11) is 1.75. The van der Waals surface area contributed by atoms with Gasteiger partial charge in [-0.25, -0.2) is 14.8 Å². The Balaban J connectivity index is 0.00000270. The van der Waals surface area contributed by atoms with Gasteiger partial charge >= 0.3 is 6.03 Å². The maximum Gasteiger partial charge on any atom is 0.325 e. The van der Waals surface area contributed by atoms with Gasteiger partial charge in [-0.15, -0.1) is 0 Å². The number of benzene rings is 2. The number of nitrogens with one attached hydrogen (secondary N) is 2. The van der Waals surface area contributed by atoms with Gasteiger partial charge in [0, 0.05) is 43.2 Å². The number of hydrogen-bond donors (Lipinski definition) is 2. The molecule has 1 aliphatic carbocycles. The second kappa shape index (κ2) is 18.6. The SMILES string of the molecule is C/C=C\C=C/CC[C@H]1N=C(c2ccccc2)C2=CCC(C(=O)Nc3ccc(C)c(N4CC5C=NC(Nc6ccc(C)nc6)=NC5N(C)C4=O)c3)C=C2CC1=O.CC. The number of carbonyl (C=O) groups excluding carboxylic acids is 3. The van der Waals surface area contributed by atoms with Crippen molar-refractivity contribution >= 4 is 52.7 Å². The molecule has 0 spiro atoms. The number of urea groups is 1. The average Bonchev–Trinajstić information content (AvgIpc) is 3.37. The standard InChI is InChI=1S/C44H46N8O3.C2H6/c1-5-6-7-8-12-15-37-39(53)23-32-22-31(18-21-36(32)40(49-37)30-13-10-9-11-14-30)42(54)47-34-19-16-28(2)38(24-34)52-27-33-25-46-43(50-41(33)51(4)44(52)55)48-35-20-17-29(3)45-26-35;1-2/h5-11,13-14,16-17,19-22,24-26,31,33,37,41H,12,15,18,23,27H2,1-4H3,(H,47,54)(H,48,50);1-2H3/b6-5-,8-7-;/t31?,33?,37-,41?;/m1./s1. The van der Waals surface area contributed by atoms with E-state index >= 15 is 0 Å². The van der Waals surface area contributed by atoms with E-state index in [0.717, 1.165) is 45.8 Å². The van der Waals surface area contributed by atoms with Crippen LogP contribution in [0.4, 0.5) is 21.9 Å². The van der Waals surface area contributed by atoms with Crippen LogP contribution in [-0.2, 0) is 9.59 Å². The number of allylic oxidation sites excluding steroid dienone is 7. The Labute approximate surface area is 335 Å². The van der Waals surface area contributed by atoms with E-state index in [1.807, 2.05) is 126 Å². The molecule has 2 aromatic carbocycles. The molecule has 294 valence electrons. The highest BCUT2D eigenvalue weighted by atomic mass is 16.2. The molecule has 3 aromatic rings. The van der Waals surface area contributed by atoms with Crippen LogP contribution in [0.1, 0.15) is 63.3 Å². The van der Waals surface area contributed by atoms with Crippen LogP contribution in [0.15, 0.2) is 129 Å². The Bertz CT molecular complexity index is 2180. The molecular weight excluding hydrogens is 713 g/mol. The number of carbonyl (C=O) groups is 3. The summed E-state index contributed by atoms with van der Waals surface area (Å²) in [6.45, 7) is 10.2. The number of fused-ring (bicyclic) bond motifs is 2. The summed E-state index contributed by atoms with van der Waals surface area (Å²) < 4.78 is 0. The van der Waals surface area contributed by atoms with Crippen molar-refractivity contribution < 1.29 is 14.4 Å². The summed E-state index contributed by atoms with van der Waals surface area (Å²) in [5.41, 5.74) is 7.36. The number of nitrogens with zero attached hydrogens (tertiary/aromatic N) is 6. The van der Waals surface area contributed by atoms with E-state index in [2.05, 4.69) is 32.8 Å². The van der Waals surface area contributed by atoms with Gasteiger partial charge in [0.25, 0.3) is 0 Å². The monoisotopic (exact) mass is 764 g/mol. The lowest BCUT2D eigenvalue weighted by Gasteiger charge is -2.43. The number of guanidine groups is 1. The number of pyridine rings is 1. The summed E-state index contributed by atoms with van der Waals surface area (Å²) in [5, 5.41) is 6.29. The maximum atomic E-state index is 13.9. The predicted molar refractivity (Wildman–Crippen MR) is 231 cm³/mol. The first-order valence-corrected chi connectivity index (χ1v) is 19.8. The molecule has 4 atom stereocenters. The van der Waals surface area contributed by atoms with Crippen molar-refractivity contribution in [1.82, 2.24) is 9.88 Å². The molecule has 11 heteroatoms. The van der Waals surface area contributed by atoms with Crippen LogP contribution in [0.2, 0.25) is 0 Å². The number of aliphatic imine (C=N–C) groups is 3. The number of hydrogen-bond acceptors (Lipinski definition) is 8. The normalized spacial score (nSPS) is 21.7. The van der Waals surface area contributed by atoms with Crippen molar-refractivity contribution in [3.63, 3.8) is 0 Å². The fourth-order valence-electron chi connectivity index (χ4n) is 7.31. The van der Waals surface area contributed by atoms with Gasteiger partial charge in [0.15, 0.2) is 5.78 Å². The molecule has 4 heterocycles. The van der Waals surface area contributed by atoms with Crippen LogP contribution < -0.4 is 15.5 Å². The third-order valence-corrected chi connectivity index (χ3v) is 10.3. The zero-order chi connectivity index (χ0) is 40.5. The third kappa shape index (κ3) is 9.43. The first kappa shape index (κ1) is 40.4. The summed E-state index contributed by atoms with van der Waals surface area (Å²) >= 11 is 0. The highest BCUT2D eigenvalue weighted by molar-refractivity contribution is 6.18. The second-order valence-electron chi connectivity index (χ2n) is 14.3. The summed E-state index contributed by atoms with van der Waals surface area (Å²) in [4.78, 5) is 63.3. The van der Waals surface area contributed by atoms with Gasteiger partial charge in [-0.1, -0.05) is 86.7 Å². The smallest absolute Gasteiger partial charge is 0.325 e. The summed E-state index contributed by atoms with van der Waals surface area (Å²) in [6, 6.07) is 18.7. The Morgan fingerprint density at radius 1 is 0.982 bits per heavy atom. The number of aromatic nitrogens is 1. The number of ketones is 1. The highest BCUT2D eigenvalue weighted by Gasteiger charge is 2.40. The lowest BCUT2D eigenvalue weighted by atomic mass is 9.84. The molecule has 3 aliphatic heterocycles. The molecule has 2 N–H and O–H groups in total. The number of Topliss-reactive ketones (excluding diaryl/α,β-unsaturated/α-hetero) is 1. The molecule has 1 aromatic heterocycles. The summed E-state index contributed by atoms with van der Waals surface area (Å²) in [5.74, 6) is -0.331. The fraction of sp³-hybridized carbons (Fsp3) is 0.326. The van der Waals surface area contributed by atoms with Crippen molar-refractivity contribution in [3.8, 4) is 0 Å². The minimum Gasteiger partial charge on any atom is -0.325 e. The minimum atomic E-state index is -0.480. The van der Waals surface area contributed by atoms with E-state index in [1.165, 1.54) is 0 Å². The topological polar surface area (TPSA) is 132 Å². The number of rotatable bonds is 9. The zero-order valence-corrected chi connectivity index (χ0v) is 33.6. The van der Waals surface area contributed by atoms with Gasteiger partial charge in [0.05, 0.1) is 35.1 Å². The molecule has 57 heavy (non-hydrogen) atoms. The largest absolute Gasteiger partial charge is 0.325 e. The van der Waals surface area contributed by atoms with Crippen molar-refractivity contribution in [1.29, 1.82) is 0 Å². The van der Waals surface area contributed by atoms with Gasteiger partial charge in [-0.3, -0.25) is 24.5 Å². The maximum absolute atomic E-state index is 13.9. The lowest BCUT2D eigenvalue weighted by Crippen LogP contribution is -2.58. The van der Waals surface area contributed by atoms with Crippen molar-refractivity contribution in [2.45, 2.75) is 72.5 Å². The van der Waals surface area contributed by atoms with Crippen molar-refractivity contribution in [2.24, 2.45) is 26.8 Å². The molecule has 3 amide bonds. The van der Waals surface area contributed by atoms with Crippen LogP contribution in [0.3, 0.4) is 0 Å². The van der Waals surface area contributed by atoms with E-state index in [1.54, 1.807) is 23.0 Å². The highest BCUT2D eigenvalue weighted by Crippen LogP contribution is 2.35. The molecule has 0 bridgehead atoms. The molecular formula is C46H52N8O3. The van der Waals surface area contributed by atoms with Gasteiger partial charge in [-0.05, 0) is 81.0 Å². The van der Waals surface area contributed by atoms with E-state index < -0.39 is 18.1 Å². The van der Waals surface area contributed by atoms with Crippen LogP contribution in [0.5, 0.6) is 0 Å². The Morgan fingerprint density at radius 2 is 1.77 bits per heavy atom. The van der Waals surface area contributed by atoms with Crippen molar-refractivity contribution in [3.05, 3.63) is 131 Å². The molecule has 0 radical (unpaired) electrons. The van der Waals surface area contributed by atoms with Gasteiger partial charge in [0.1, 0.15) is 12.2 Å². The van der Waals surface area contributed by atoms with Crippen LogP contribution in [0, 0.1) is 25.7 Å². The Hall–Kier alpha value is -6.23. The van der Waals surface area contributed by atoms with Gasteiger partial charge < -0.3 is 15.5 Å². The lowest BCUT2D eigenvalue weighted by molar-refractivity contribution is -0.120.